The molecule has 1 aromatic rings. The van der Waals surface area contributed by atoms with Crippen LogP contribution in [-0.2, 0) is 0 Å². The number of anilines is 1. The second-order valence-corrected chi connectivity index (χ2v) is 8.42. The van der Waals surface area contributed by atoms with Gasteiger partial charge in [0.05, 0.1) is 5.56 Å². The van der Waals surface area contributed by atoms with Crippen molar-refractivity contribution >= 4 is 11.9 Å². The third-order valence-corrected chi connectivity index (χ3v) is 5.84. The Labute approximate surface area is 151 Å². The van der Waals surface area contributed by atoms with Gasteiger partial charge in [0.25, 0.3) is 5.91 Å². The van der Waals surface area contributed by atoms with Gasteiger partial charge in [-0.1, -0.05) is 20.8 Å². The summed E-state index contributed by atoms with van der Waals surface area (Å²) in [5.74, 6) is 1.40. The van der Waals surface area contributed by atoms with E-state index in [1.165, 1.54) is 19.5 Å². The molecule has 0 aromatic carbocycles. The number of nitrogens with one attached hydrogen (secondary N) is 1. The highest BCUT2D eigenvalue weighted by atomic mass is 16.1. The number of aromatic nitrogens is 2. The van der Waals surface area contributed by atoms with E-state index in [4.69, 9.17) is 0 Å². The van der Waals surface area contributed by atoms with Crippen LogP contribution in [-0.4, -0.2) is 60.0 Å². The quantitative estimate of drug-likeness (QED) is 0.910. The smallest absolute Gasteiger partial charge is 0.254 e. The van der Waals surface area contributed by atoms with E-state index in [1.807, 2.05) is 0 Å². The Balaban J connectivity index is 1.53. The van der Waals surface area contributed by atoms with Crippen LogP contribution in [0.4, 0.5) is 5.95 Å². The summed E-state index contributed by atoms with van der Waals surface area (Å²) in [6.07, 6.45) is 6.88. The normalized spacial score (nSPS) is 23.0. The molecule has 0 spiro atoms. The maximum absolute atomic E-state index is 11.6. The topological polar surface area (TPSA) is 61.4 Å². The maximum Gasteiger partial charge on any atom is 0.254 e. The van der Waals surface area contributed by atoms with Crippen LogP contribution in [0.3, 0.4) is 0 Å². The molecule has 138 valence electrons. The standard InChI is InChI=1S/C19H31N5O/c1-19(2,3)15-5-8-24(13-15)16-6-9-23(10-7-16)18-21-11-14(12-22-18)17(25)20-4/h11-12,15-16H,5-10,13H2,1-4H3,(H,20,25). The minimum absolute atomic E-state index is 0.146. The summed E-state index contributed by atoms with van der Waals surface area (Å²) in [7, 11) is 1.61. The van der Waals surface area contributed by atoms with E-state index in [0.29, 0.717) is 17.0 Å². The molecule has 0 saturated carbocycles. The highest BCUT2D eigenvalue weighted by Gasteiger charge is 2.35. The minimum atomic E-state index is -0.146. The third-order valence-electron chi connectivity index (χ3n) is 5.84. The zero-order valence-corrected chi connectivity index (χ0v) is 16.0. The van der Waals surface area contributed by atoms with Gasteiger partial charge in [0.2, 0.25) is 5.95 Å². The summed E-state index contributed by atoms with van der Waals surface area (Å²) in [5, 5.41) is 2.59. The van der Waals surface area contributed by atoms with Crippen molar-refractivity contribution in [3.05, 3.63) is 18.0 Å². The monoisotopic (exact) mass is 345 g/mol. The summed E-state index contributed by atoms with van der Waals surface area (Å²) in [6, 6.07) is 0.689. The van der Waals surface area contributed by atoms with Gasteiger partial charge in [0, 0.05) is 45.1 Å². The average molecular weight is 345 g/mol. The first-order chi connectivity index (χ1) is 11.9. The molecule has 1 unspecified atom stereocenters. The van der Waals surface area contributed by atoms with Crippen LogP contribution >= 0.6 is 0 Å². The van der Waals surface area contributed by atoms with Crippen molar-refractivity contribution < 1.29 is 4.79 Å². The molecule has 2 saturated heterocycles. The van der Waals surface area contributed by atoms with Gasteiger partial charge in [-0.3, -0.25) is 9.69 Å². The highest BCUT2D eigenvalue weighted by Crippen LogP contribution is 2.35. The Bertz CT molecular complexity index is 587. The Morgan fingerprint density at radius 1 is 1.12 bits per heavy atom. The lowest BCUT2D eigenvalue weighted by atomic mass is 9.80. The van der Waals surface area contributed by atoms with E-state index in [0.717, 1.165) is 37.8 Å². The molecule has 2 fully saturated rings. The van der Waals surface area contributed by atoms with Crippen LogP contribution in [0.15, 0.2) is 12.4 Å². The third kappa shape index (κ3) is 4.11. The Hall–Kier alpha value is -1.69. The van der Waals surface area contributed by atoms with Crippen LogP contribution in [0.2, 0.25) is 0 Å². The SMILES string of the molecule is CNC(=O)c1cnc(N2CCC(N3CCC(C(C)(C)C)C3)CC2)nc1. The van der Waals surface area contributed by atoms with Crippen LogP contribution < -0.4 is 10.2 Å². The molecule has 1 amide bonds. The van der Waals surface area contributed by atoms with Crippen LogP contribution in [0.25, 0.3) is 0 Å². The van der Waals surface area contributed by atoms with E-state index in [1.54, 1.807) is 19.4 Å². The zero-order valence-electron chi connectivity index (χ0n) is 16.0. The Morgan fingerprint density at radius 3 is 2.28 bits per heavy atom. The van der Waals surface area contributed by atoms with Gasteiger partial charge < -0.3 is 10.2 Å². The molecule has 1 atom stereocenters. The molecule has 6 heteroatoms. The summed E-state index contributed by atoms with van der Waals surface area (Å²) in [5.41, 5.74) is 0.918. The summed E-state index contributed by atoms with van der Waals surface area (Å²) >= 11 is 0. The lowest BCUT2D eigenvalue weighted by molar-refractivity contribution is 0.0962. The fourth-order valence-corrected chi connectivity index (χ4v) is 4.00. The molecule has 0 bridgehead atoms. The first kappa shape index (κ1) is 18.1. The van der Waals surface area contributed by atoms with E-state index >= 15 is 0 Å². The van der Waals surface area contributed by atoms with Gasteiger partial charge in [-0.15, -0.1) is 0 Å². The minimum Gasteiger partial charge on any atom is -0.355 e. The van der Waals surface area contributed by atoms with Gasteiger partial charge >= 0.3 is 0 Å². The zero-order chi connectivity index (χ0) is 18.0. The van der Waals surface area contributed by atoms with E-state index in [2.05, 4.69) is 45.9 Å². The number of hydrogen-bond acceptors (Lipinski definition) is 5. The average Bonchev–Trinajstić information content (AvgIpc) is 3.12. The summed E-state index contributed by atoms with van der Waals surface area (Å²) in [6.45, 7) is 11.5. The molecule has 0 aliphatic carbocycles. The van der Waals surface area contributed by atoms with Crippen molar-refractivity contribution in [1.82, 2.24) is 20.2 Å². The molecule has 2 aliphatic heterocycles. The lowest BCUT2D eigenvalue weighted by Crippen LogP contribution is -2.45. The van der Waals surface area contributed by atoms with Gasteiger partial charge in [-0.25, -0.2) is 9.97 Å². The molecule has 2 aliphatic rings. The fraction of sp³-hybridized carbons (Fsp3) is 0.737. The number of amides is 1. The number of nitrogens with zero attached hydrogens (tertiary/aromatic N) is 4. The molecule has 1 aromatic heterocycles. The largest absolute Gasteiger partial charge is 0.355 e. The second-order valence-electron chi connectivity index (χ2n) is 8.42. The molecule has 1 N–H and O–H groups in total. The number of rotatable bonds is 3. The summed E-state index contributed by atoms with van der Waals surface area (Å²) < 4.78 is 0. The molecule has 3 rings (SSSR count). The first-order valence-electron chi connectivity index (χ1n) is 9.41. The summed E-state index contributed by atoms with van der Waals surface area (Å²) in [4.78, 5) is 25.3. The number of piperidine rings is 1. The predicted molar refractivity (Wildman–Crippen MR) is 99.8 cm³/mol. The second kappa shape index (κ2) is 7.28. The number of hydrogen-bond donors (Lipinski definition) is 1. The Morgan fingerprint density at radius 2 is 1.76 bits per heavy atom. The van der Waals surface area contributed by atoms with Crippen molar-refractivity contribution in [2.45, 2.75) is 46.1 Å². The molecular weight excluding hydrogens is 314 g/mol. The maximum atomic E-state index is 11.6. The molecular formula is C19H31N5O. The van der Waals surface area contributed by atoms with Crippen LogP contribution in [0, 0.1) is 11.3 Å². The first-order valence-corrected chi connectivity index (χ1v) is 9.41. The van der Waals surface area contributed by atoms with Crippen molar-refractivity contribution in [3.8, 4) is 0 Å². The number of likely N-dealkylation sites (tertiary alicyclic amines) is 1. The van der Waals surface area contributed by atoms with Crippen molar-refractivity contribution in [2.75, 3.05) is 38.1 Å². The van der Waals surface area contributed by atoms with Crippen molar-refractivity contribution in [2.24, 2.45) is 11.3 Å². The van der Waals surface area contributed by atoms with Gasteiger partial charge in [0.15, 0.2) is 0 Å². The van der Waals surface area contributed by atoms with Crippen LogP contribution in [0.1, 0.15) is 50.4 Å². The number of carbonyl (C=O) groups is 1. The predicted octanol–water partition coefficient (Wildman–Crippen LogP) is 2.17. The van der Waals surface area contributed by atoms with Gasteiger partial charge in [-0.05, 0) is 37.1 Å². The van der Waals surface area contributed by atoms with Crippen molar-refractivity contribution in [3.63, 3.8) is 0 Å². The van der Waals surface area contributed by atoms with Gasteiger partial charge in [-0.2, -0.15) is 0 Å². The van der Waals surface area contributed by atoms with Gasteiger partial charge in [0.1, 0.15) is 0 Å². The highest BCUT2D eigenvalue weighted by molar-refractivity contribution is 5.93. The van der Waals surface area contributed by atoms with E-state index in [-0.39, 0.29) is 5.91 Å². The molecule has 6 nitrogen and oxygen atoms in total. The Kier molecular flexibility index (Phi) is 5.27. The lowest BCUT2D eigenvalue weighted by Gasteiger charge is -2.37. The fourth-order valence-electron chi connectivity index (χ4n) is 4.00. The molecule has 0 radical (unpaired) electrons. The number of carbonyl (C=O) groups excluding carboxylic acids is 1. The van der Waals surface area contributed by atoms with E-state index in [9.17, 15) is 4.79 Å². The van der Waals surface area contributed by atoms with Crippen LogP contribution in [0.5, 0.6) is 0 Å². The molecule has 25 heavy (non-hydrogen) atoms. The van der Waals surface area contributed by atoms with Crippen molar-refractivity contribution in [1.29, 1.82) is 0 Å². The molecule has 3 heterocycles. The van der Waals surface area contributed by atoms with E-state index < -0.39 is 0 Å².